The summed E-state index contributed by atoms with van der Waals surface area (Å²) in [5.41, 5.74) is 2.45. The van der Waals surface area contributed by atoms with Crippen LogP contribution in [-0.2, 0) is 10.6 Å². The van der Waals surface area contributed by atoms with E-state index in [1.54, 1.807) is 0 Å². The monoisotopic (exact) mass is 363 g/mol. The zero-order chi connectivity index (χ0) is 16.9. The van der Waals surface area contributed by atoms with E-state index in [0.29, 0.717) is 6.61 Å². The normalized spacial score (nSPS) is 15.9. The van der Waals surface area contributed by atoms with Gasteiger partial charge in [-0.25, -0.2) is 4.98 Å². The summed E-state index contributed by atoms with van der Waals surface area (Å²) in [5, 5.41) is 1.17. The molecule has 0 spiro atoms. The van der Waals surface area contributed by atoms with Crippen molar-refractivity contribution in [2.45, 2.75) is 25.2 Å². The summed E-state index contributed by atoms with van der Waals surface area (Å²) in [4.78, 5) is 12.1. The number of thiazole rings is 1. The van der Waals surface area contributed by atoms with E-state index in [-0.39, 0.29) is 0 Å². The van der Waals surface area contributed by atoms with Crippen molar-refractivity contribution in [1.29, 1.82) is 0 Å². The molecule has 0 amide bonds. The molecule has 0 bridgehead atoms. The van der Waals surface area contributed by atoms with Crippen LogP contribution in [0.2, 0.25) is 0 Å². The first kappa shape index (κ1) is 17.7. The molecule has 0 radical (unpaired) electrons. The molecule has 0 aliphatic carbocycles. The van der Waals surface area contributed by atoms with Crippen molar-refractivity contribution in [2.24, 2.45) is 0 Å². The van der Waals surface area contributed by atoms with Gasteiger partial charge < -0.3 is 14.0 Å². The predicted octanol–water partition coefficient (Wildman–Crippen LogP) is 3.78. The van der Waals surface area contributed by atoms with Crippen molar-refractivity contribution >= 4 is 28.5 Å². The van der Waals surface area contributed by atoms with Gasteiger partial charge in [0.15, 0.2) is 5.13 Å². The van der Waals surface area contributed by atoms with Crippen molar-refractivity contribution < 1.29 is 4.18 Å². The molecule has 1 aromatic heterocycles. The second kappa shape index (κ2) is 8.34. The summed E-state index contributed by atoms with van der Waals surface area (Å²) in [6.45, 7) is 9.32. The van der Waals surface area contributed by atoms with Crippen LogP contribution in [0.25, 0.3) is 0 Å². The highest BCUT2D eigenvalue weighted by Gasteiger charge is 2.18. The molecule has 0 unspecified atom stereocenters. The Kier molecular flexibility index (Phi) is 6.16. The molecule has 1 aromatic carbocycles. The lowest BCUT2D eigenvalue weighted by atomic mass is 10.2. The van der Waals surface area contributed by atoms with E-state index in [1.807, 2.05) is 11.3 Å². The molecular formula is C18H25N3OS2. The van der Waals surface area contributed by atoms with Crippen LogP contribution in [0.5, 0.6) is 0 Å². The zero-order valence-corrected chi connectivity index (χ0v) is 16.3. The fourth-order valence-electron chi connectivity index (χ4n) is 2.62. The number of hydrogen-bond donors (Lipinski definition) is 0. The lowest BCUT2D eigenvalue weighted by Gasteiger charge is -2.32. The van der Waals surface area contributed by atoms with Gasteiger partial charge in [-0.1, -0.05) is 17.7 Å². The fourth-order valence-corrected chi connectivity index (χ4v) is 4.18. The summed E-state index contributed by atoms with van der Waals surface area (Å²) >= 11 is 3.26. The summed E-state index contributed by atoms with van der Waals surface area (Å²) in [6.07, 6.45) is 0.870. The van der Waals surface area contributed by atoms with E-state index in [2.05, 4.69) is 55.0 Å². The maximum atomic E-state index is 5.75. The molecule has 0 atom stereocenters. The third-order valence-corrected chi connectivity index (χ3v) is 6.08. The average molecular weight is 364 g/mol. The Hall–Kier alpha value is -1.08. The van der Waals surface area contributed by atoms with Crippen molar-refractivity contribution in [3.05, 3.63) is 40.4 Å². The Balaban J connectivity index is 1.48. The van der Waals surface area contributed by atoms with Crippen molar-refractivity contribution in [1.82, 2.24) is 9.88 Å². The minimum Gasteiger partial charge on any atom is -0.346 e. The lowest BCUT2D eigenvalue weighted by molar-refractivity contribution is 0.312. The molecule has 0 saturated carbocycles. The lowest BCUT2D eigenvalue weighted by Crippen LogP contribution is -2.44. The van der Waals surface area contributed by atoms with Crippen LogP contribution < -0.4 is 4.90 Å². The van der Waals surface area contributed by atoms with Gasteiger partial charge >= 0.3 is 0 Å². The van der Waals surface area contributed by atoms with E-state index in [9.17, 15) is 0 Å². The first-order chi connectivity index (χ1) is 11.6. The van der Waals surface area contributed by atoms with Crippen LogP contribution in [-0.4, -0.2) is 49.7 Å². The Morgan fingerprint density at radius 2 is 1.83 bits per heavy atom. The number of anilines is 1. The highest BCUT2D eigenvalue weighted by molar-refractivity contribution is 7.94. The van der Waals surface area contributed by atoms with Gasteiger partial charge in [0.1, 0.15) is 0 Å². The van der Waals surface area contributed by atoms with Gasteiger partial charge in [0.05, 0.1) is 12.3 Å². The van der Waals surface area contributed by atoms with E-state index in [4.69, 9.17) is 9.17 Å². The van der Waals surface area contributed by atoms with Crippen LogP contribution in [0, 0.1) is 13.8 Å². The molecule has 1 aliphatic heterocycles. The van der Waals surface area contributed by atoms with Crippen molar-refractivity contribution in [2.75, 3.05) is 44.7 Å². The molecular weight excluding hydrogens is 338 g/mol. The van der Waals surface area contributed by atoms with Gasteiger partial charge in [-0.3, -0.25) is 0 Å². The summed E-state index contributed by atoms with van der Waals surface area (Å²) in [6, 6.07) is 8.41. The molecule has 1 fully saturated rings. The molecule has 3 rings (SSSR count). The largest absolute Gasteiger partial charge is 0.346 e. The molecule has 2 aromatic rings. The number of aromatic nitrogens is 1. The third kappa shape index (κ3) is 4.72. The fraction of sp³-hybridized carbons (Fsp3) is 0.500. The summed E-state index contributed by atoms with van der Waals surface area (Å²) in [5.74, 6) is 0. The first-order valence-corrected chi connectivity index (χ1v) is 9.93. The van der Waals surface area contributed by atoms with Gasteiger partial charge in [0.2, 0.25) is 0 Å². The molecule has 1 aliphatic rings. The molecule has 4 nitrogen and oxygen atoms in total. The van der Waals surface area contributed by atoms with E-state index >= 15 is 0 Å². The standard InChI is InChI=1S/C18H25N3OS2/c1-14-4-6-16(7-5-14)24-22-13-8-17-15(2)23-18(19-17)21-11-9-20(3)10-12-21/h4-7H,8-13H2,1-3H3. The minimum absolute atomic E-state index is 0.686. The number of aryl methyl sites for hydroxylation is 2. The van der Waals surface area contributed by atoms with E-state index < -0.39 is 0 Å². The Labute approximate surface area is 153 Å². The maximum absolute atomic E-state index is 5.75. The number of hydrogen-bond acceptors (Lipinski definition) is 6. The van der Waals surface area contributed by atoms with Crippen molar-refractivity contribution in [3.8, 4) is 0 Å². The SMILES string of the molecule is Cc1ccc(SOCCc2nc(N3CCN(C)CC3)sc2C)cc1. The van der Waals surface area contributed by atoms with E-state index in [1.165, 1.54) is 33.3 Å². The number of benzene rings is 1. The summed E-state index contributed by atoms with van der Waals surface area (Å²) < 4.78 is 5.75. The van der Waals surface area contributed by atoms with Gasteiger partial charge in [-0.05, 0) is 33.0 Å². The second-order valence-electron chi connectivity index (χ2n) is 6.26. The molecule has 130 valence electrons. The molecule has 0 N–H and O–H groups in total. The Bertz CT molecular complexity index is 649. The predicted molar refractivity (Wildman–Crippen MR) is 103 cm³/mol. The highest BCUT2D eigenvalue weighted by atomic mass is 32.2. The van der Waals surface area contributed by atoms with Crippen LogP contribution in [0.3, 0.4) is 0 Å². The Morgan fingerprint density at radius 1 is 1.12 bits per heavy atom. The quantitative estimate of drug-likeness (QED) is 0.575. The number of rotatable bonds is 6. The van der Waals surface area contributed by atoms with Gasteiger partial charge in [-0.2, -0.15) is 0 Å². The second-order valence-corrected chi connectivity index (χ2v) is 8.31. The Morgan fingerprint density at radius 3 is 2.54 bits per heavy atom. The summed E-state index contributed by atoms with van der Waals surface area (Å²) in [7, 11) is 2.18. The molecule has 1 saturated heterocycles. The molecule has 24 heavy (non-hydrogen) atoms. The number of likely N-dealkylation sites (N-methyl/N-ethyl adjacent to an activating group) is 1. The maximum Gasteiger partial charge on any atom is 0.185 e. The van der Waals surface area contributed by atoms with Gasteiger partial charge in [0.25, 0.3) is 0 Å². The third-order valence-electron chi connectivity index (χ3n) is 4.25. The minimum atomic E-state index is 0.686. The molecule has 2 heterocycles. The van der Waals surface area contributed by atoms with Gasteiger partial charge in [-0.15, -0.1) is 11.3 Å². The molecule has 6 heteroatoms. The average Bonchev–Trinajstić information content (AvgIpc) is 2.95. The van der Waals surface area contributed by atoms with Crippen LogP contribution in [0.4, 0.5) is 5.13 Å². The van der Waals surface area contributed by atoms with Gasteiger partial charge in [0, 0.05) is 54.4 Å². The highest BCUT2D eigenvalue weighted by Crippen LogP contribution is 2.27. The van der Waals surface area contributed by atoms with Crippen LogP contribution in [0.15, 0.2) is 29.2 Å². The first-order valence-electron chi connectivity index (χ1n) is 8.38. The number of nitrogens with zero attached hydrogens (tertiary/aromatic N) is 3. The zero-order valence-electron chi connectivity index (χ0n) is 14.6. The van der Waals surface area contributed by atoms with Crippen LogP contribution in [0.1, 0.15) is 16.1 Å². The smallest absolute Gasteiger partial charge is 0.185 e. The number of piperazine rings is 1. The van der Waals surface area contributed by atoms with Crippen LogP contribution >= 0.6 is 23.4 Å². The van der Waals surface area contributed by atoms with Crippen molar-refractivity contribution in [3.63, 3.8) is 0 Å². The topological polar surface area (TPSA) is 28.6 Å². The van der Waals surface area contributed by atoms with E-state index in [0.717, 1.165) is 37.5 Å².